The fourth-order valence-electron chi connectivity index (χ4n) is 2.17. The second-order valence-electron chi connectivity index (χ2n) is 5.48. The minimum Gasteiger partial charge on any atom is -0.451 e. The van der Waals surface area contributed by atoms with Crippen LogP contribution in [-0.2, 0) is 9.53 Å². The average Bonchev–Trinajstić information content (AvgIpc) is 3.22. The standard InChI is InChI=1S/C15H16N2O4/c1-7-13-11(15(19)20-9(3)8(2)18)6-12(10-4-5-10)16-14(13)21-17-7/h6,9-10H,4-5H2,1-3H3/t9-/m1/s1. The smallest absolute Gasteiger partial charge is 0.339 e. The van der Waals surface area contributed by atoms with E-state index in [-0.39, 0.29) is 5.78 Å². The monoisotopic (exact) mass is 288 g/mol. The Balaban J connectivity index is 2.04. The number of aryl methyl sites for hydroxylation is 1. The van der Waals surface area contributed by atoms with Gasteiger partial charge in [0.15, 0.2) is 11.9 Å². The van der Waals surface area contributed by atoms with Crippen LogP contribution in [0.3, 0.4) is 0 Å². The van der Waals surface area contributed by atoms with Crippen LogP contribution in [-0.4, -0.2) is 28.0 Å². The molecule has 110 valence electrons. The van der Waals surface area contributed by atoms with Crippen LogP contribution in [0, 0.1) is 6.92 Å². The Bertz CT molecular complexity index is 731. The van der Waals surface area contributed by atoms with Gasteiger partial charge in [0.2, 0.25) is 0 Å². The summed E-state index contributed by atoms with van der Waals surface area (Å²) in [6, 6.07) is 1.74. The highest BCUT2D eigenvalue weighted by atomic mass is 16.5. The lowest BCUT2D eigenvalue weighted by molar-refractivity contribution is -0.124. The third-order valence-electron chi connectivity index (χ3n) is 3.71. The minimum atomic E-state index is -0.773. The number of esters is 1. The topological polar surface area (TPSA) is 82.3 Å². The van der Waals surface area contributed by atoms with Gasteiger partial charge < -0.3 is 9.26 Å². The molecule has 0 bridgehead atoms. The molecular formula is C15H16N2O4. The second-order valence-corrected chi connectivity index (χ2v) is 5.48. The average molecular weight is 288 g/mol. The molecule has 6 nitrogen and oxygen atoms in total. The summed E-state index contributed by atoms with van der Waals surface area (Å²) in [7, 11) is 0. The number of rotatable bonds is 4. The fraction of sp³-hybridized carbons (Fsp3) is 0.467. The number of aromatic nitrogens is 2. The van der Waals surface area contributed by atoms with Gasteiger partial charge in [-0.3, -0.25) is 4.79 Å². The number of hydrogen-bond acceptors (Lipinski definition) is 6. The number of carbonyl (C=O) groups is 2. The van der Waals surface area contributed by atoms with E-state index in [0.29, 0.717) is 28.3 Å². The number of carbonyl (C=O) groups excluding carboxylic acids is 2. The SMILES string of the molecule is CC(=O)[C@@H](C)OC(=O)c1cc(C2CC2)nc2onc(C)c12. The molecule has 0 N–H and O–H groups in total. The number of Topliss-reactive ketones (excluding diaryl/α,β-unsaturated/α-hetero) is 1. The number of nitrogens with zero attached hydrogens (tertiary/aromatic N) is 2. The van der Waals surface area contributed by atoms with E-state index in [1.165, 1.54) is 6.92 Å². The van der Waals surface area contributed by atoms with E-state index in [2.05, 4.69) is 10.1 Å². The molecule has 0 radical (unpaired) electrons. The maximum atomic E-state index is 12.3. The van der Waals surface area contributed by atoms with Crippen LogP contribution >= 0.6 is 0 Å². The maximum absolute atomic E-state index is 12.3. The molecule has 6 heteroatoms. The molecule has 0 amide bonds. The lowest BCUT2D eigenvalue weighted by Gasteiger charge is -2.11. The molecule has 0 unspecified atom stereocenters. The molecule has 2 heterocycles. The van der Waals surface area contributed by atoms with Gasteiger partial charge in [-0.05, 0) is 39.7 Å². The summed E-state index contributed by atoms with van der Waals surface area (Å²) in [4.78, 5) is 28.0. The molecule has 3 rings (SSSR count). The Hall–Kier alpha value is -2.24. The van der Waals surface area contributed by atoms with E-state index in [1.54, 1.807) is 19.9 Å². The molecule has 0 aromatic carbocycles. The Labute approximate surface area is 121 Å². The predicted molar refractivity (Wildman–Crippen MR) is 74.1 cm³/mol. The number of hydrogen-bond donors (Lipinski definition) is 0. The van der Waals surface area contributed by atoms with Gasteiger partial charge in [0, 0.05) is 11.6 Å². The van der Waals surface area contributed by atoms with Crippen LogP contribution in [0.15, 0.2) is 10.6 Å². The van der Waals surface area contributed by atoms with Crippen molar-refractivity contribution in [2.45, 2.75) is 45.6 Å². The molecule has 2 aromatic heterocycles. The van der Waals surface area contributed by atoms with E-state index in [9.17, 15) is 9.59 Å². The lowest BCUT2D eigenvalue weighted by Crippen LogP contribution is -2.22. The molecule has 1 aliphatic rings. The molecule has 1 aliphatic carbocycles. The summed E-state index contributed by atoms with van der Waals surface area (Å²) in [5, 5.41) is 4.42. The molecule has 0 aliphatic heterocycles. The van der Waals surface area contributed by atoms with Crippen molar-refractivity contribution < 1.29 is 18.8 Å². The zero-order chi connectivity index (χ0) is 15.1. The lowest BCUT2D eigenvalue weighted by atomic mass is 10.1. The van der Waals surface area contributed by atoms with Crippen LogP contribution in [0.5, 0.6) is 0 Å². The second kappa shape index (κ2) is 4.95. The predicted octanol–water partition coefficient (Wildman–Crippen LogP) is 2.54. The van der Waals surface area contributed by atoms with E-state index < -0.39 is 12.1 Å². The first-order valence-electron chi connectivity index (χ1n) is 6.95. The third-order valence-corrected chi connectivity index (χ3v) is 3.71. The molecule has 1 saturated carbocycles. The molecule has 0 spiro atoms. The first kappa shape index (κ1) is 13.7. The zero-order valence-electron chi connectivity index (χ0n) is 12.2. The Kier molecular flexibility index (Phi) is 3.23. The van der Waals surface area contributed by atoms with Crippen LogP contribution < -0.4 is 0 Å². The van der Waals surface area contributed by atoms with Crippen LogP contribution in [0.25, 0.3) is 11.1 Å². The summed E-state index contributed by atoms with van der Waals surface area (Å²) >= 11 is 0. The first-order valence-corrected chi connectivity index (χ1v) is 6.95. The first-order chi connectivity index (χ1) is 9.97. The Morgan fingerprint density at radius 1 is 1.43 bits per heavy atom. The van der Waals surface area contributed by atoms with Gasteiger partial charge in [0.05, 0.1) is 16.6 Å². The molecule has 21 heavy (non-hydrogen) atoms. The van der Waals surface area contributed by atoms with E-state index >= 15 is 0 Å². The van der Waals surface area contributed by atoms with Crippen molar-refractivity contribution in [1.82, 2.24) is 10.1 Å². The molecule has 1 fully saturated rings. The van der Waals surface area contributed by atoms with Gasteiger partial charge >= 0.3 is 5.97 Å². The molecule has 2 aromatic rings. The van der Waals surface area contributed by atoms with Gasteiger partial charge in [0.1, 0.15) is 0 Å². The number of ketones is 1. The number of fused-ring (bicyclic) bond motifs is 1. The van der Waals surface area contributed by atoms with Gasteiger partial charge in [-0.2, -0.15) is 0 Å². The van der Waals surface area contributed by atoms with Crippen molar-refractivity contribution >= 4 is 22.9 Å². The van der Waals surface area contributed by atoms with Crippen LogP contribution in [0.4, 0.5) is 0 Å². The zero-order valence-corrected chi connectivity index (χ0v) is 12.2. The van der Waals surface area contributed by atoms with E-state index in [1.807, 2.05) is 0 Å². The van der Waals surface area contributed by atoms with Crippen LogP contribution in [0.1, 0.15) is 54.4 Å². The van der Waals surface area contributed by atoms with Crippen molar-refractivity contribution in [3.63, 3.8) is 0 Å². The maximum Gasteiger partial charge on any atom is 0.339 e. The minimum absolute atomic E-state index is 0.196. The van der Waals surface area contributed by atoms with Crippen molar-refractivity contribution in [3.8, 4) is 0 Å². The van der Waals surface area contributed by atoms with Gasteiger partial charge in [0.25, 0.3) is 5.71 Å². The van der Waals surface area contributed by atoms with Crippen molar-refractivity contribution in [1.29, 1.82) is 0 Å². The highest BCUT2D eigenvalue weighted by Gasteiger charge is 2.29. The highest BCUT2D eigenvalue weighted by molar-refractivity contribution is 6.04. The van der Waals surface area contributed by atoms with E-state index in [0.717, 1.165) is 18.5 Å². The normalized spacial score (nSPS) is 16.0. The quantitative estimate of drug-likeness (QED) is 0.804. The number of pyridine rings is 1. The third kappa shape index (κ3) is 2.53. The largest absolute Gasteiger partial charge is 0.451 e. The summed E-state index contributed by atoms with van der Waals surface area (Å²) < 4.78 is 10.4. The van der Waals surface area contributed by atoms with Crippen molar-refractivity contribution in [2.75, 3.05) is 0 Å². The summed E-state index contributed by atoms with van der Waals surface area (Å²) in [5.74, 6) is -0.368. The summed E-state index contributed by atoms with van der Waals surface area (Å²) in [6.45, 7) is 4.69. The van der Waals surface area contributed by atoms with Crippen molar-refractivity contribution in [2.24, 2.45) is 0 Å². The number of ether oxygens (including phenoxy) is 1. The van der Waals surface area contributed by atoms with E-state index in [4.69, 9.17) is 9.26 Å². The van der Waals surface area contributed by atoms with Gasteiger partial charge in [-0.1, -0.05) is 5.16 Å². The summed E-state index contributed by atoms with van der Waals surface area (Å²) in [5.41, 5.74) is 2.12. The van der Waals surface area contributed by atoms with Crippen molar-refractivity contribution in [3.05, 3.63) is 23.0 Å². The Morgan fingerprint density at radius 2 is 2.14 bits per heavy atom. The van der Waals surface area contributed by atoms with Gasteiger partial charge in [-0.15, -0.1) is 0 Å². The highest BCUT2D eigenvalue weighted by Crippen LogP contribution is 2.40. The molecule has 0 saturated heterocycles. The Morgan fingerprint density at radius 3 is 2.76 bits per heavy atom. The van der Waals surface area contributed by atoms with Gasteiger partial charge in [-0.25, -0.2) is 9.78 Å². The molecule has 1 atom stereocenters. The van der Waals surface area contributed by atoms with Crippen LogP contribution in [0.2, 0.25) is 0 Å². The molecular weight excluding hydrogens is 272 g/mol. The summed E-state index contributed by atoms with van der Waals surface area (Å²) in [6.07, 6.45) is 1.35. The fourth-order valence-corrected chi connectivity index (χ4v) is 2.17.